The highest BCUT2D eigenvalue weighted by Crippen LogP contribution is 2.26. The van der Waals surface area contributed by atoms with Gasteiger partial charge in [-0.15, -0.1) is 12.4 Å². The fraction of sp³-hybridized carbons (Fsp3) is 0.133. The molecule has 0 aliphatic heterocycles. The minimum absolute atomic E-state index is 0. The Hall–Kier alpha value is -1.87. The topological polar surface area (TPSA) is 49.9 Å². The van der Waals surface area contributed by atoms with Crippen LogP contribution in [0.1, 0.15) is 18.4 Å². The van der Waals surface area contributed by atoms with Gasteiger partial charge in [0.05, 0.1) is 5.84 Å². The van der Waals surface area contributed by atoms with Crippen molar-refractivity contribution in [3.63, 3.8) is 0 Å². The first-order valence-corrected chi connectivity index (χ1v) is 5.78. The van der Waals surface area contributed by atoms with Gasteiger partial charge < -0.3 is 5.73 Å². The van der Waals surface area contributed by atoms with E-state index in [0.29, 0.717) is 5.56 Å². The maximum atomic E-state index is 14.0. The van der Waals surface area contributed by atoms with E-state index >= 15 is 0 Å². The Kier molecular flexibility index (Phi) is 5.07. The molecule has 0 heterocycles. The number of halogens is 2. The molecule has 0 spiro atoms. The van der Waals surface area contributed by atoms with E-state index in [1.807, 2.05) is 36.4 Å². The maximum Gasteiger partial charge on any atom is 0.131 e. The van der Waals surface area contributed by atoms with E-state index in [2.05, 4.69) is 0 Å². The highest BCUT2D eigenvalue weighted by molar-refractivity contribution is 5.85. The van der Waals surface area contributed by atoms with Crippen LogP contribution in [0.4, 0.5) is 4.39 Å². The van der Waals surface area contributed by atoms with Gasteiger partial charge >= 0.3 is 0 Å². The normalized spacial score (nSPS) is 11.5. The van der Waals surface area contributed by atoms with Crippen LogP contribution in [0.3, 0.4) is 0 Å². The monoisotopic (exact) mass is 278 g/mol. The van der Waals surface area contributed by atoms with Crippen LogP contribution in [0.25, 0.3) is 11.1 Å². The van der Waals surface area contributed by atoms with Crippen LogP contribution in [0.15, 0.2) is 48.5 Å². The Bertz CT molecular complexity index is 570. The third kappa shape index (κ3) is 3.32. The number of hydrogen-bond acceptors (Lipinski definition) is 1. The van der Waals surface area contributed by atoms with Crippen LogP contribution < -0.4 is 5.73 Å². The van der Waals surface area contributed by atoms with Gasteiger partial charge in [-0.3, -0.25) is 5.41 Å². The van der Waals surface area contributed by atoms with Gasteiger partial charge in [-0.1, -0.05) is 49.4 Å². The zero-order valence-electron chi connectivity index (χ0n) is 10.6. The van der Waals surface area contributed by atoms with Crippen molar-refractivity contribution in [2.24, 2.45) is 5.73 Å². The molecule has 0 bridgehead atoms. The van der Waals surface area contributed by atoms with Crippen LogP contribution in [-0.2, 0) is 0 Å². The van der Waals surface area contributed by atoms with E-state index in [0.717, 1.165) is 11.1 Å². The van der Waals surface area contributed by atoms with E-state index < -0.39 is 0 Å². The summed E-state index contributed by atoms with van der Waals surface area (Å²) < 4.78 is 14.0. The fourth-order valence-corrected chi connectivity index (χ4v) is 1.83. The van der Waals surface area contributed by atoms with Gasteiger partial charge in [0.25, 0.3) is 0 Å². The molecule has 0 amide bonds. The molecule has 0 radical (unpaired) electrons. The molecule has 2 rings (SSSR count). The van der Waals surface area contributed by atoms with Crippen molar-refractivity contribution in [2.45, 2.75) is 12.8 Å². The predicted octanol–water partition coefficient (Wildman–Crippen LogP) is 3.95. The van der Waals surface area contributed by atoms with Crippen molar-refractivity contribution in [1.82, 2.24) is 0 Å². The second-order valence-corrected chi connectivity index (χ2v) is 4.28. The molecule has 0 saturated carbocycles. The Morgan fingerprint density at radius 3 is 2.32 bits per heavy atom. The van der Waals surface area contributed by atoms with E-state index in [9.17, 15) is 4.39 Å². The van der Waals surface area contributed by atoms with Gasteiger partial charge in [0.2, 0.25) is 0 Å². The summed E-state index contributed by atoms with van der Waals surface area (Å²) in [5.74, 6) is -0.502. The van der Waals surface area contributed by atoms with Crippen LogP contribution >= 0.6 is 12.4 Å². The summed E-state index contributed by atoms with van der Waals surface area (Å²) >= 11 is 0. The standard InChI is InChI=1S/C15H15FN2.ClH/c1-10(15(17)18)12-7-8-13(14(16)9-12)11-5-3-2-4-6-11;/h2-10H,1H3,(H3,17,18);1H/t10-;/m1./s1. The first kappa shape index (κ1) is 15.2. The lowest BCUT2D eigenvalue weighted by Crippen LogP contribution is -2.17. The summed E-state index contributed by atoms with van der Waals surface area (Å²) in [4.78, 5) is 0. The van der Waals surface area contributed by atoms with Gasteiger partial charge in [-0.2, -0.15) is 0 Å². The lowest BCUT2D eigenvalue weighted by atomic mass is 9.96. The molecule has 0 aliphatic rings. The van der Waals surface area contributed by atoms with E-state index in [4.69, 9.17) is 11.1 Å². The minimum atomic E-state index is -0.285. The smallest absolute Gasteiger partial charge is 0.131 e. The zero-order chi connectivity index (χ0) is 13.1. The Balaban J connectivity index is 0.00000180. The van der Waals surface area contributed by atoms with Gasteiger partial charge in [-0.05, 0) is 17.2 Å². The molecule has 0 unspecified atom stereocenters. The average Bonchev–Trinajstić information content (AvgIpc) is 2.38. The second-order valence-electron chi connectivity index (χ2n) is 4.28. The number of nitrogens with one attached hydrogen (secondary N) is 1. The number of hydrogen-bond donors (Lipinski definition) is 2. The number of benzene rings is 2. The fourth-order valence-electron chi connectivity index (χ4n) is 1.83. The van der Waals surface area contributed by atoms with E-state index in [1.54, 1.807) is 13.0 Å². The van der Waals surface area contributed by atoms with Crippen molar-refractivity contribution < 1.29 is 4.39 Å². The van der Waals surface area contributed by atoms with Crippen molar-refractivity contribution in [1.29, 1.82) is 5.41 Å². The minimum Gasteiger partial charge on any atom is -0.387 e. The zero-order valence-corrected chi connectivity index (χ0v) is 11.4. The Morgan fingerprint density at radius 1 is 1.16 bits per heavy atom. The van der Waals surface area contributed by atoms with Crippen LogP contribution in [0, 0.1) is 11.2 Å². The molecule has 0 aromatic heterocycles. The first-order valence-electron chi connectivity index (χ1n) is 5.78. The van der Waals surface area contributed by atoms with Crippen LogP contribution in [0.5, 0.6) is 0 Å². The van der Waals surface area contributed by atoms with Crippen molar-refractivity contribution in [3.8, 4) is 11.1 Å². The summed E-state index contributed by atoms with van der Waals surface area (Å²) in [6, 6.07) is 14.4. The second kappa shape index (κ2) is 6.34. The molecule has 0 fully saturated rings. The lowest BCUT2D eigenvalue weighted by molar-refractivity contribution is 0.628. The highest BCUT2D eigenvalue weighted by Gasteiger charge is 2.12. The van der Waals surface area contributed by atoms with E-state index in [-0.39, 0.29) is 30.0 Å². The van der Waals surface area contributed by atoms with Crippen molar-refractivity contribution >= 4 is 18.2 Å². The molecule has 100 valence electrons. The molecule has 19 heavy (non-hydrogen) atoms. The third-order valence-corrected chi connectivity index (χ3v) is 3.04. The maximum absolute atomic E-state index is 14.0. The number of nitrogens with two attached hydrogens (primary N) is 1. The van der Waals surface area contributed by atoms with Gasteiger partial charge in [-0.25, -0.2) is 4.39 Å². The number of rotatable bonds is 3. The van der Waals surface area contributed by atoms with Crippen molar-refractivity contribution in [3.05, 3.63) is 59.9 Å². The first-order chi connectivity index (χ1) is 8.59. The van der Waals surface area contributed by atoms with Gasteiger partial charge in [0.1, 0.15) is 5.82 Å². The average molecular weight is 279 g/mol. The van der Waals surface area contributed by atoms with E-state index in [1.165, 1.54) is 6.07 Å². The molecule has 0 saturated heterocycles. The molecule has 2 aromatic carbocycles. The molecule has 1 atom stereocenters. The largest absolute Gasteiger partial charge is 0.387 e. The van der Waals surface area contributed by atoms with Gasteiger partial charge in [0.15, 0.2) is 0 Å². The summed E-state index contributed by atoms with van der Waals surface area (Å²) in [5.41, 5.74) is 7.56. The quantitative estimate of drug-likeness (QED) is 0.648. The molecular formula is C15H16ClFN2. The van der Waals surface area contributed by atoms with Crippen LogP contribution in [0.2, 0.25) is 0 Å². The summed E-state index contributed by atoms with van der Waals surface area (Å²) in [7, 11) is 0. The third-order valence-electron chi connectivity index (χ3n) is 3.04. The highest BCUT2D eigenvalue weighted by atomic mass is 35.5. The molecule has 0 aliphatic carbocycles. The SMILES string of the molecule is C[C@@H](C(=N)N)c1ccc(-c2ccccc2)c(F)c1.Cl. The number of amidine groups is 1. The summed E-state index contributed by atoms with van der Waals surface area (Å²) in [6.07, 6.45) is 0. The Labute approximate surface area is 118 Å². The summed E-state index contributed by atoms with van der Waals surface area (Å²) in [5, 5.41) is 7.38. The van der Waals surface area contributed by atoms with Crippen molar-refractivity contribution in [2.75, 3.05) is 0 Å². The van der Waals surface area contributed by atoms with Crippen LogP contribution in [-0.4, -0.2) is 5.84 Å². The van der Waals surface area contributed by atoms with Gasteiger partial charge in [0, 0.05) is 11.5 Å². The molecular weight excluding hydrogens is 263 g/mol. The molecule has 3 N–H and O–H groups in total. The predicted molar refractivity (Wildman–Crippen MR) is 79.4 cm³/mol. The molecule has 4 heteroatoms. The molecule has 2 nitrogen and oxygen atoms in total. The Morgan fingerprint density at radius 2 is 1.79 bits per heavy atom. The summed E-state index contributed by atoms with van der Waals surface area (Å²) in [6.45, 7) is 1.79. The lowest BCUT2D eigenvalue weighted by Gasteiger charge is -2.11. The molecule has 2 aromatic rings.